The Morgan fingerprint density at radius 1 is 1.12 bits per heavy atom. The summed E-state index contributed by atoms with van der Waals surface area (Å²) < 4.78 is 0. The third-order valence-corrected chi connectivity index (χ3v) is 5.73. The molecule has 0 aromatic heterocycles. The van der Waals surface area contributed by atoms with E-state index in [0.717, 1.165) is 45.6 Å². The van der Waals surface area contributed by atoms with Crippen LogP contribution in [0.15, 0.2) is 30.3 Å². The van der Waals surface area contributed by atoms with Crippen molar-refractivity contribution in [1.82, 2.24) is 15.1 Å². The van der Waals surface area contributed by atoms with Gasteiger partial charge in [0, 0.05) is 25.0 Å². The summed E-state index contributed by atoms with van der Waals surface area (Å²) in [6.07, 6.45) is 5.74. The fourth-order valence-corrected chi connectivity index (χ4v) is 4.41. The number of carbonyl (C=O) groups is 2. The molecular weight excluding hydrogens is 328 g/mol. The number of nitrogens with two attached hydrogens (primary N) is 1. The second-order valence-corrected chi connectivity index (χ2v) is 7.75. The van der Waals surface area contributed by atoms with E-state index < -0.39 is 6.03 Å². The van der Waals surface area contributed by atoms with Crippen LogP contribution in [0.25, 0.3) is 0 Å². The Kier molecular flexibility index (Phi) is 6.14. The molecule has 1 spiro atoms. The number of piperidine rings is 1. The minimum absolute atomic E-state index is 0.00615. The molecule has 1 atom stereocenters. The van der Waals surface area contributed by atoms with Gasteiger partial charge in [-0.15, -0.1) is 0 Å². The lowest BCUT2D eigenvalue weighted by Crippen LogP contribution is -2.47. The molecule has 0 radical (unpaired) electrons. The highest BCUT2D eigenvalue weighted by Crippen LogP contribution is 2.39. The van der Waals surface area contributed by atoms with Crippen LogP contribution in [0.2, 0.25) is 0 Å². The first kappa shape index (κ1) is 18.7. The highest BCUT2D eigenvalue weighted by atomic mass is 16.2. The van der Waals surface area contributed by atoms with Crippen molar-refractivity contribution in [3.05, 3.63) is 35.9 Å². The first-order valence-corrected chi connectivity index (χ1v) is 9.64. The van der Waals surface area contributed by atoms with Gasteiger partial charge in [0.15, 0.2) is 0 Å². The van der Waals surface area contributed by atoms with Crippen molar-refractivity contribution in [2.24, 2.45) is 11.1 Å². The molecule has 1 aromatic carbocycles. The zero-order valence-electron chi connectivity index (χ0n) is 15.5. The maximum atomic E-state index is 12.2. The van der Waals surface area contributed by atoms with Crippen molar-refractivity contribution in [3.63, 3.8) is 0 Å². The molecule has 1 aromatic rings. The topological polar surface area (TPSA) is 78.7 Å². The van der Waals surface area contributed by atoms with Crippen molar-refractivity contribution in [1.29, 1.82) is 0 Å². The molecule has 2 heterocycles. The summed E-state index contributed by atoms with van der Waals surface area (Å²) in [5.41, 5.74) is 6.69. The SMILES string of the molecule is NC(=O)NCC(=O)N1CC[C@@]2(CCCN(CCCc3ccccc3)C2)C1. The summed E-state index contributed by atoms with van der Waals surface area (Å²) in [7, 11) is 0. The predicted octanol–water partition coefficient (Wildman–Crippen LogP) is 1.60. The predicted molar refractivity (Wildman–Crippen MR) is 102 cm³/mol. The summed E-state index contributed by atoms with van der Waals surface area (Å²) in [4.78, 5) is 27.5. The summed E-state index contributed by atoms with van der Waals surface area (Å²) >= 11 is 0. The molecular formula is C20H30N4O2. The highest BCUT2D eigenvalue weighted by Gasteiger charge is 2.42. The number of urea groups is 1. The summed E-state index contributed by atoms with van der Waals surface area (Å²) in [5.74, 6) is -0.0260. The van der Waals surface area contributed by atoms with Gasteiger partial charge in [-0.05, 0) is 50.8 Å². The zero-order valence-corrected chi connectivity index (χ0v) is 15.5. The molecule has 3 rings (SSSR count). The zero-order chi connectivity index (χ0) is 18.4. The number of aryl methyl sites for hydroxylation is 1. The Morgan fingerprint density at radius 3 is 2.69 bits per heavy atom. The molecule has 2 aliphatic heterocycles. The van der Waals surface area contributed by atoms with Gasteiger partial charge in [-0.3, -0.25) is 4.79 Å². The van der Waals surface area contributed by atoms with Crippen molar-refractivity contribution < 1.29 is 9.59 Å². The average Bonchev–Trinajstić information content (AvgIpc) is 3.04. The third-order valence-electron chi connectivity index (χ3n) is 5.73. The van der Waals surface area contributed by atoms with E-state index in [1.165, 1.54) is 24.8 Å². The fraction of sp³-hybridized carbons (Fsp3) is 0.600. The monoisotopic (exact) mass is 358 g/mol. The van der Waals surface area contributed by atoms with Gasteiger partial charge in [0.25, 0.3) is 0 Å². The van der Waals surface area contributed by atoms with E-state index in [2.05, 4.69) is 40.5 Å². The molecule has 2 saturated heterocycles. The lowest BCUT2D eigenvalue weighted by Gasteiger charge is -2.40. The molecule has 26 heavy (non-hydrogen) atoms. The highest BCUT2D eigenvalue weighted by molar-refractivity contribution is 5.83. The smallest absolute Gasteiger partial charge is 0.312 e. The van der Waals surface area contributed by atoms with Crippen LogP contribution in [0.4, 0.5) is 4.79 Å². The first-order chi connectivity index (χ1) is 12.6. The number of nitrogens with one attached hydrogen (secondary N) is 1. The second-order valence-electron chi connectivity index (χ2n) is 7.75. The van der Waals surface area contributed by atoms with E-state index in [9.17, 15) is 9.59 Å². The van der Waals surface area contributed by atoms with E-state index in [4.69, 9.17) is 5.73 Å². The van der Waals surface area contributed by atoms with Crippen molar-refractivity contribution >= 4 is 11.9 Å². The number of likely N-dealkylation sites (tertiary alicyclic amines) is 2. The van der Waals surface area contributed by atoms with Crippen molar-refractivity contribution in [2.45, 2.75) is 32.1 Å². The number of hydrogen-bond donors (Lipinski definition) is 2. The van der Waals surface area contributed by atoms with Crippen molar-refractivity contribution in [2.75, 3.05) is 39.3 Å². The number of rotatable bonds is 6. The summed E-state index contributed by atoms with van der Waals surface area (Å²) in [6, 6.07) is 10.0. The van der Waals surface area contributed by atoms with Crippen LogP contribution in [-0.4, -0.2) is 61.0 Å². The van der Waals surface area contributed by atoms with E-state index in [0.29, 0.717) is 0 Å². The number of benzene rings is 1. The minimum atomic E-state index is -0.644. The van der Waals surface area contributed by atoms with E-state index in [1.54, 1.807) is 0 Å². The second kappa shape index (κ2) is 8.54. The van der Waals surface area contributed by atoms with Crippen LogP contribution in [0, 0.1) is 5.41 Å². The van der Waals surface area contributed by atoms with Gasteiger partial charge in [-0.1, -0.05) is 30.3 Å². The summed E-state index contributed by atoms with van der Waals surface area (Å²) in [5, 5.41) is 2.40. The maximum absolute atomic E-state index is 12.2. The van der Waals surface area contributed by atoms with Crippen LogP contribution < -0.4 is 11.1 Å². The standard InChI is InChI=1S/C20H30N4O2/c21-19(26)22-14-18(25)24-13-10-20(16-24)9-5-12-23(15-20)11-4-8-17-6-2-1-3-7-17/h1-3,6-7H,4-5,8-16H2,(H3,21,22,26)/t20-/m1/s1. The van der Waals surface area contributed by atoms with Crippen LogP contribution in [-0.2, 0) is 11.2 Å². The summed E-state index contributed by atoms with van der Waals surface area (Å²) in [6.45, 7) is 4.96. The van der Waals surface area contributed by atoms with Crippen LogP contribution in [0.1, 0.15) is 31.2 Å². The largest absolute Gasteiger partial charge is 0.352 e. The van der Waals surface area contributed by atoms with E-state index in [1.807, 2.05) is 4.90 Å². The van der Waals surface area contributed by atoms with Gasteiger partial charge in [0.05, 0.1) is 6.54 Å². The van der Waals surface area contributed by atoms with Gasteiger partial charge in [-0.25, -0.2) is 4.79 Å². The van der Waals surface area contributed by atoms with Crippen LogP contribution >= 0.6 is 0 Å². The quantitative estimate of drug-likeness (QED) is 0.811. The fourth-order valence-electron chi connectivity index (χ4n) is 4.41. The number of hydrogen-bond acceptors (Lipinski definition) is 3. The Hall–Kier alpha value is -2.08. The maximum Gasteiger partial charge on any atom is 0.312 e. The molecule has 6 nitrogen and oxygen atoms in total. The van der Waals surface area contributed by atoms with Gasteiger partial charge in [0.1, 0.15) is 0 Å². The van der Waals surface area contributed by atoms with E-state index in [-0.39, 0.29) is 17.9 Å². The number of primary amides is 1. The molecule has 2 aliphatic rings. The Balaban J connectivity index is 1.45. The van der Waals surface area contributed by atoms with Gasteiger partial charge >= 0.3 is 6.03 Å². The molecule has 0 bridgehead atoms. The Labute approximate surface area is 155 Å². The molecule has 0 unspecified atom stereocenters. The molecule has 3 amide bonds. The lowest BCUT2D eigenvalue weighted by molar-refractivity contribution is -0.129. The van der Waals surface area contributed by atoms with Crippen LogP contribution in [0.3, 0.4) is 0 Å². The average molecular weight is 358 g/mol. The molecule has 0 saturated carbocycles. The van der Waals surface area contributed by atoms with E-state index >= 15 is 0 Å². The molecule has 6 heteroatoms. The third kappa shape index (κ3) is 4.97. The molecule has 142 valence electrons. The van der Waals surface area contributed by atoms with Crippen LogP contribution in [0.5, 0.6) is 0 Å². The Bertz CT molecular complexity index is 621. The number of nitrogens with zero attached hydrogens (tertiary/aromatic N) is 2. The van der Waals surface area contributed by atoms with Gasteiger partial charge in [-0.2, -0.15) is 0 Å². The molecule has 3 N–H and O–H groups in total. The van der Waals surface area contributed by atoms with Crippen molar-refractivity contribution in [3.8, 4) is 0 Å². The molecule has 2 fully saturated rings. The van der Waals surface area contributed by atoms with Gasteiger partial charge in [0.2, 0.25) is 5.91 Å². The van der Waals surface area contributed by atoms with Gasteiger partial charge < -0.3 is 20.9 Å². The Morgan fingerprint density at radius 2 is 1.92 bits per heavy atom. The number of carbonyl (C=O) groups excluding carboxylic acids is 2. The minimum Gasteiger partial charge on any atom is -0.352 e. The lowest BCUT2D eigenvalue weighted by atomic mass is 9.79. The molecule has 0 aliphatic carbocycles. The first-order valence-electron chi connectivity index (χ1n) is 9.64. The number of amides is 3. The normalized spacial score (nSPS) is 23.3.